The molecule has 1 aliphatic heterocycles. The van der Waals surface area contributed by atoms with E-state index in [-0.39, 0.29) is 11.0 Å². The Kier molecular flexibility index (Phi) is 5.86. The van der Waals surface area contributed by atoms with Crippen molar-refractivity contribution in [1.29, 1.82) is 0 Å². The van der Waals surface area contributed by atoms with E-state index in [0.29, 0.717) is 23.3 Å². The molecule has 7 heteroatoms. The molecule has 0 bridgehead atoms. The van der Waals surface area contributed by atoms with Crippen LogP contribution in [0.1, 0.15) is 33.7 Å². The summed E-state index contributed by atoms with van der Waals surface area (Å²) in [4.78, 5) is 40.7. The maximum Gasteiger partial charge on any atom is 0.290 e. The van der Waals surface area contributed by atoms with Gasteiger partial charge >= 0.3 is 0 Å². The first-order valence-electron chi connectivity index (χ1n) is 9.88. The van der Waals surface area contributed by atoms with E-state index >= 15 is 0 Å². The van der Waals surface area contributed by atoms with Crippen LogP contribution in [-0.2, 0) is 18.3 Å². The van der Waals surface area contributed by atoms with Crippen LogP contribution >= 0.6 is 11.8 Å². The van der Waals surface area contributed by atoms with Crippen molar-refractivity contribution in [2.45, 2.75) is 19.8 Å². The standard InChI is InChI=1S/C24H21N3O3S/c1-15-19(27(2)22(25-15)18-6-4-3-5-7-18)12-13-20(28)17-10-8-16(9-11-17)14-21-23(29)26-24(30)31-21/h3-11,14H,12-13H2,1-2H3,(H,26,29,30)/b21-14+. The van der Waals surface area contributed by atoms with Crippen molar-refractivity contribution in [3.05, 3.63) is 82.0 Å². The van der Waals surface area contributed by atoms with E-state index < -0.39 is 5.91 Å². The van der Waals surface area contributed by atoms with Gasteiger partial charge in [0.05, 0.1) is 10.6 Å². The quantitative estimate of drug-likeness (QED) is 0.458. The van der Waals surface area contributed by atoms with Crippen LogP contribution in [0.3, 0.4) is 0 Å². The molecule has 0 unspecified atom stereocenters. The number of aromatic nitrogens is 2. The summed E-state index contributed by atoms with van der Waals surface area (Å²) in [7, 11) is 1.98. The highest BCUT2D eigenvalue weighted by Crippen LogP contribution is 2.26. The lowest BCUT2D eigenvalue weighted by molar-refractivity contribution is -0.115. The van der Waals surface area contributed by atoms with Crippen LogP contribution in [0.15, 0.2) is 59.5 Å². The van der Waals surface area contributed by atoms with Gasteiger partial charge in [-0.05, 0) is 36.7 Å². The first-order chi connectivity index (χ1) is 14.9. The zero-order valence-corrected chi connectivity index (χ0v) is 18.0. The number of ketones is 1. The number of nitrogens with one attached hydrogen (secondary N) is 1. The Bertz CT molecular complexity index is 1190. The molecule has 1 aromatic heterocycles. The number of imide groups is 1. The number of rotatable bonds is 6. The van der Waals surface area contributed by atoms with E-state index in [4.69, 9.17) is 0 Å². The first kappa shape index (κ1) is 20.8. The van der Waals surface area contributed by atoms with Crippen LogP contribution in [0, 0.1) is 6.92 Å². The van der Waals surface area contributed by atoms with Gasteiger partial charge in [-0.25, -0.2) is 4.98 Å². The van der Waals surface area contributed by atoms with E-state index in [1.807, 2.05) is 44.3 Å². The number of nitrogens with zero attached hydrogens (tertiary/aromatic N) is 2. The molecule has 2 heterocycles. The summed E-state index contributed by atoms with van der Waals surface area (Å²) < 4.78 is 2.05. The van der Waals surface area contributed by atoms with Gasteiger partial charge in [0.2, 0.25) is 0 Å². The highest BCUT2D eigenvalue weighted by molar-refractivity contribution is 8.18. The smallest absolute Gasteiger partial charge is 0.290 e. The SMILES string of the molecule is Cc1nc(-c2ccccc2)n(C)c1CCC(=O)c1ccc(/C=C2/SC(=O)NC2=O)cc1. The zero-order valence-electron chi connectivity index (χ0n) is 17.2. The maximum atomic E-state index is 12.7. The second-order valence-corrected chi connectivity index (χ2v) is 8.30. The lowest BCUT2D eigenvalue weighted by Crippen LogP contribution is -2.17. The maximum absolute atomic E-state index is 12.7. The molecular formula is C24H21N3O3S. The Morgan fingerprint density at radius 3 is 2.45 bits per heavy atom. The molecule has 156 valence electrons. The van der Waals surface area contributed by atoms with Gasteiger partial charge in [0.25, 0.3) is 11.1 Å². The predicted molar refractivity (Wildman–Crippen MR) is 122 cm³/mol. The predicted octanol–water partition coefficient (Wildman–Crippen LogP) is 4.53. The molecule has 2 amide bonds. The van der Waals surface area contributed by atoms with Gasteiger partial charge in [0.15, 0.2) is 5.78 Å². The minimum Gasteiger partial charge on any atom is -0.331 e. The van der Waals surface area contributed by atoms with Crippen molar-refractivity contribution in [3.8, 4) is 11.4 Å². The van der Waals surface area contributed by atoms with Gasteiger partial charge in [-0.15, -0.1) is 0 Å². The molecule has 1 saturated heterocycles. The summed E-state index contributed by atoms with van der Waals surface area (Å²) in [6, 6.07) is 17.0. The van der Waals surface area contributed by atoms with Crippen LogP contribution in [0.5, 0.6) is 0 Å². The van der Waals surface area contributed by atoms with Crippen LogP contribution in [0.4, 0.5) is 4.79 Å². The number of Topliss-reactive ketones (excluding diaryl/α,β-unsaturated/α-hetero) is 1. The van der Waals surface area contributed by atoms with Crippen LogP contribution in [0.2, 0.25) is 0 Å². The fourth-order valence-electron chi connectivity index (χ4n) is 3.58. The molecule has 6 nitrogen and oxygen atoms in total. The van der Waals surface area contributed by atoms with E-state index in [9.17, 15) is 14.4 Å². The summed E-state index contributed by atoms with van der Waals surface area (Å²) in [5.74, 6) is 0.547. The van der Waals surface area contributed by atoms with E-state index in [1.54, 1.807) is 30.3 Å². The zero-order chi connectivity index (χ0) is 22.0. The molecule has 0 radical (unpaired) electrons. The van der Waals surface area contributed by atoms with Crippen molar-refractivity contribution in [3.63, 3.8) is 0 Å². The van der Waals surface area contributed by atoms with E-state index in [1.165, 1.54) is 0 Å². The van der Waals surface area contributed by atoms with E-state index in [2.05, 4.69) is 14.9 Å². The Morgan fingerprint density at radius 2 is 1.81 bits per heavy atom. The third-order valence-corrected chi connectivity index (χ3v) is 6.02. The number of hydrogen-bond acceptors (Lipinski definition) is 5. The summed E-state index contributed by atoms with van der Waals surface area (Å²) in [5.41, 5.74) is 4.40. The monoisotopic (exact) mass is 431 g/mol. The van der Waals surface area contributed by atoms with Crippen molar-refractivity contribution in [2.24, 2.45) is 7.05 Å². The van der Waals surface area contributed by atoms with Gasteiger partial charge in [0, 0.05) is 30.3 Å². The number of aryl methyl sites for hydroxylation is 1. The number of imidazole rings is 1. The molecule has 0 aliphatic carbocycles. The number of carbonyl (C=O) groups is 3. The van der Waals surface area contributed by atoms with Crippen LogP contribution < -0.4 is 5.32 Å². The summed E-state index contributed by atoms with van der Waals surface area (Å²) in [6.45, 7) is 1.97. The molecule has 1 aliphatic rings. The molecule has 3 aromatic rings. The van der Waals surface area contributed by atoms with E-state index in [0.717, 1.165) is 40.1 Å². The molecular weight excluding hydrogens is 410 g/mol. The molecule has 31 heavy (non-hydrogen) atoms. The average Bonchev–Trinajstić information content (AvgIpc) is 3.24. The van der Waals surface area contributed by atoms with Gasteiger partial charge < -0.3 is 4.57 Å². The Balaban J connectivity index is 1.44. The Hall–Kier alpha value is -3.45. The van der Waals surface area contributed by atoms with Gasteiger partial charge in [-0.2, -0.15) is 0 Å². The number of amides is 2. The lowest BCUT2D eigenvalue weighted by atomic mass is 10.0. The van der Waals surface area contributed by atoms with Gasteiger partial charge in [-0.1, -0.05) is 54.6 Å². The molecule has 0 atom stereocenters. The second kappa shape index (κ2) is 8.73. The molecule has 1 N–H and O–H groups in total. The van der Waals surface area contributed by atoms with Gasteiger partial charge in [-0.3, -0.25) is 19.7 Å². The lowest BCUT2D eigenvalue weighted by Gasteiger charge is -2.07. The Labute approximate surface area is 184 Å². The largest absolute Gasteiger partial charge is 0.331 e. The first-order valence-corrected chi connectivity index (χ1v) is 10.7. The number of carbonyl (C=O) groups excluding carboxylic acids is 3. The third kappa shape index (κ3) is 4.51. The average molecular weight is 432 g/mol. The van der Waals surface area contributed by atoms with Crippen molar-refractivity contribution in [1.82, 2.24) is 14.9 Å². The summed E-state index contributed by atoms with van der Waals surface area (Å²) in [6.07, 6.45) is 2.62. The number of hydrogen-bond donors (Lipinski definition) is 1. The number of benzene rings is 2. The van der Waals surface area contributed by atoms with Crippen LogP contribution in [-0.4, -0.2) is 26.5 Å². The number of thioether (sulfide) groups is 1. The molecule has 1 fully saturated rings. The minimum absolute atomic E-state index is 0.0456. The molecule has 2 aromatic carbocycles. The van der Waals surface area contributed by atoms with Crippen molar-refractivity contribution < 1.29 is 14.4 Å². The molecule has 0 saturated carbocycles. The second-order valence-electron chi connectivity index (χ2n) is 7.29. The highest BCUT2D eigenvalue weighted by atomic mass is 32.2. The Morgan fingerprint density at radius 1 is 1.10 bits per heavy atom. The van der Waals surface area contributed by atoms with Crippen LogP contribution in [0.25, 0.3) is 17.5 Å². The van der Waals surface area contributed by atoms with Crippen molar-refractivity contribution >= 4 is 34.8 Å². The van der Waals surface area contributed by atoms with Gasteiger partial charge in [0.1, 0.15) is 5.82 Å². The highest BCUT2D eigenvalue weighted by Gasteiger charge is 2.24. The fourth-order valence-corrected chi connectivity index (χ4v) is 4.26. The topological polar surface area (TPSA) is 81.1 Å². The molecule has 4 rings (SSSR count). The molecule has 0 spiro atoms. The minimum atomic E-state index is -0.392. The summed E-state index contributed by atoms with van der Waals surface area (Å²) in [5, 5.41) is 1.85. The third-order valence-electron chi connectivity index (χ3n) is 5.21. The fraction of sp³-hybridized carbons (Fsp3) is 0.167. The summed E-state index contributed by atoms with van der Waals surface area (Å²) >= 11 is 0.874. The van der Waals surface area contributed by atoms with Crippen molar-refractivity contribution in [2.75, 3.05) is 0 Å². The normalized spacial score (nSPS) is 14.8.